The van der Waals surface area contributed by atoms with Crippen molar-refractivity contribution < 1.29 is 14.7 Å². The van der Waals surface area contributed by atoms with Gasteiger partial charge in [0, 0.05) is 31.0 Å². The van der Waals surface area contributed by atoms with E-state index in [9.17, 15) is 14.7 Å². The van der Waals surface area contributed by atoms with Gasteiger partial charge in [-0.15, -0.1) is 0 Å². The molecule has 1 aliphatic rings. The molecule has 3 aromatic rings. The van der Waals surface area contributed by atoms with Gasteiger partial charge in [-0.1, -0.05) is 37.6 Å². The Morgan fingerprint density at radius 3 is 2.61 bits per heavy atom. The van der Waals surface area contributed by atoms with Crippen LogP contribution in [0.2, 0.25) is 5.02 Å². The summed E-state index contributed by atoms with van der Waals surface area (Å²) in [5.41, 5.74) is 4.03. The summed E-state index contributed by atoms with van der Waals surface area (Å²) in [4.78, 5) is 31.2. The molecule has 1 amide bonds. The Hall–Kier alpha value is -3.06. The number of carboxylic acid groups (broad SMARTS) is 1. The average Bonchev–Trinajstić information content (AvgIpc) is 3.20. The quantitative estimate of drug-likeness (QED) is 0.530. The highest BCUT2D eigenvalue weighted by molar-refractivity contribution is 6.30. The van der Waals surface area contributed by atoms with Gasteiger partial charge in [0.25, 0.3) is 5.91 Å². The van der Waals surface area contributed by atoms with Crippen LogP contribution in [0.5, 0.6) is 0 Å². The van der Waals surface area contributed by atoms with Crippen LogP contribution in [0, 0.1) is 5.92 Å². The minimum absolute atomic E-state index is 0.188. The molecule has 2 N–H and O–H groups in total. The van der Waals surface area contributed by atoms with Crippen LogP contribution in [0.3, 0.4) is 0 Å². The second-order valence-corrected chi connectivity index (χ2v) is 8.94. The molecule has 33 heavy (non-hydrogen) atoms. The number of aryl methyl sites for hydroxylation is 1. The topological polar surface area (TPSA) is 86.9 Å². The van der Waals surface area contributed by atoms with Crippen LogP contribution >= 0.6 is 11.6 Å². The van der Waals surface area contributed by atoms with Gasteiger partial charge >= 0.3 is 5.97 Å². The Kier molecular flexibility index (Phi) is 6.88. The van der Waals surface area contributed by atoms with E-state index in [4.69, 9.17) is 11.6 Å². The van der Waals surface area contributed by atoms with Crippen molar-refractivity contribution in [1.82, 2.24) is 14.7 Å². The highest BCUT2D eigenvalue weighted by Crippen LogP contribution is 2.30. The molecule has 8 heteroatoms. The van der Waals surface area contributed by atoms with E-state index in [1.54, 1.807) is 22.7 Å². The third-order valence-electron chi connectivity index (χ3n) is 6.46. The molecule has 2 aromatic heterocycles. The summed E-state index contributed by atoms with van der Waals surface area (Å²) in [5.74, 6) is -1.14. The van der Waals surface area contributed by atoms with E-state index in [1.807, 2.05) is 19.1 Å². The van der Waals surface area contributed by atoms with Crippen molar-refractivity contribution in [3.8, 4) is 0 Å². The van der Waals surface area contributed by atoms with Crippen molar-refractivity contribution in [2.24, 2.45) is 5.92 Å². The van der Waals surface area contributed by atoms with Gasteiger partial charge < -0.3 is 15.3 Å². The molecule has 1 saturated heterocycles. The molecule has 1 aromatic carbocycles. The van der Waals surface area contributed by atoms with Crippen LogP contribution in [0.25, 0.3) is 5.65 Å². The Balaban J connectivity index is 1.44. The number of carbonyl (C=O) groups is 2. The summed E-state index contributed by atoms with van der Waals surface area (Å²) >= 11 is 6.13. The van der Waals surface area contributed by atoms with E-state index < -0.39 is 5.97 Å². The van der Waals surface area contributed by atoms with Crippen LogP contribution in [0.1, 0.15) is 54.9 Å². The SMILES string of the molecule is CCc1nc2ccc(Cl)cn2c1C(=O)NCc1ccc(N2CCC(C(=O)O)CC2CC)cc1. The first kappa shape index (κ1) is 23.1. The number of imidazole rings is 1. The molecule has 174 valence electrons. The number of fused-ring (bicyclic) bond motifs is 1. The molecule has 0 aliphatic carbocycles. The predicted octanol–water partition coefficient (Wildman–Crippen LogP) is 4.56. The Labute approximate surface area is 198 Å². The Bertz CT molecular complexity index is 1160. The number of nitrogens with zero attached hydrogens (tertiary/aromatic N) is 3. The lowest BCUT2D eigenvalue weighted by Gasteiger charge is -2.39. The van der Waals surface area contributed by atoms with Crippen molar-refractivity contribution in [3.63, 3.8) is 0 Å². The number of nitrogens with one attached hydrogen (secondary N) is 1. The van der Waals surface area contributed by atoms with Gasteiger partial charge in [0.2, 0.25) is 0 Å². The molecule has 2 unspecified atom stereocenters. The summed E-state index contributed by atoms with van der Waals surface area (Å²) in [7, 11) is 0. The van der Waals surface area contributed by atoms with Crippen LogP contribution < -0.4 is 10.2 Å². The monoisotopic (exact) mass is 468 g/mol. The minimum atomic E-state index is -0.696. The normalized spacial score (nSPS) is 18.5. The number of piperidine rings is 1. The number of hydrogen-bond donors (Lipinski definition) is 2. The summed E-state index contributed by atoms with van der Waals surface area (Å²) in [6, 6.07) is 11.9. The highest BCUT2D eigenvalue weighted by atomic mass is 35.5. The number of benzene rings is 1. The molecule has 1 fully saturated rings. The number of hydrogen-bond acceptors (Lipinski definition) is 4. The zero-order valence-corrected chi connectivity index (χ0v) is 19.7. The molecule has 1 aliphatic heterocycles. The van der Waals surface area contributed by atoms with Gasteiger partial charge in [0.05, 0.1) is 16.6 Å². The van der Waals surface area contributed by atoms with Crippen molar-refractivity contribution in [3.05, 3.63) is 64.6 Å². The number of carboxylic acids is 1. The Morgan fingerprint density at radius 2 is 1.94 bits per heavy atom. The van der Waals surface area contributed by atoms with Crippen molar-refractivity contribution in [2.75, 3.05) is 11.4 Å². The fraction of sp³-hybridized carbons (Fsp3) is 0.400. The van der Waals surface area contributed by atoms with E-state index in [1.165, 1.54) is 0 Å². The molecule has 2 atom stereocenters. The minimum Gasteiger partial charge on any atom is -0.481 e. The molecule has 0 saturated carbocycles. The standard InChI is InChI=1S/C25H29ClN4O3/c1-3-19-13-17(25(32)33)11-12-29(19)20-8-5-16(6-9-20)14-27-24(31)23-21(4-2)28-22-10-7-18(26)15-30(22)23/h5-10,15,17,19H,3-4,11-14H2,1-2H3,(H,27,31)(H,32,33). The van der Waals surface area contributed by atoms with Crippen LogP contribution in [0.4, 0.5) is 5.69 Å². The Morgan fingerprint density at radius 1 is 1.18 bits per heavy atom. The molecule has 4 rings (SSSR count). The predicted molar refractivity (Wildman–Crippen MR) is 129 cm³/mol. The van der Waals surface area contributed by atoms with Crippen LogP contribution in [0.15, 0.2) is 42.6 Å². The first-order chi connectivity index (χ1) is 15.9. The molecule has 7 nitrogen and oxygen atoms in total. The number of pyridine rings is 1. The van der Waals surface area contributed by atoms with Gasteiger partial charge in [-0.2, -0.15) is 0 Å². The van der Waals surface area contributed by atoms with Gasteiger partial charge in [0.15, 0.2) is 0 Å². The first-order valence-electron chi connectivity index (χ1n) is 11.4. The number of carbonyl (C=O) groups excluding carboxylic acids is 1. The van der Waals surface area contributed by atoms with E-state index >= 15 is 0 Å². The largest absolute Gasteiger partial charge is 0.481 e. The molecule has 3 heterocycles. The summed E-state index contributed by atoms with van der Waals surface area (Å²) < 4.78 is 1.74. The van der Waals surface area contributed by atoms with Gasteiger partial charge in [-0.05, 0) is 55.5 Å². The maximum absolute atomic E-state index is 13.0. The van der Waals surface area contributed by atoms with Gasteiger partial charge in [-0.25, -0.2) is 4.98 Å². The number of anilines is 1. The highest BCUT2D eigenvalue weighted by Gasteiger charge is 2.31. The number of amides is 1. The lowest BCUT2D eigenvalue weighted by molar-refractivity contribution is -0.142. The lowest BCUT2D eigenvalue weighted by Crippen LogP contribution is -2.44. The van der Waals surface area contributed by atoms with Crippen molar-refractivity contribution >= 4 is 34.8 Å². The fourth-order valence-corrected chi connectivity index (χ4v) is 4.79. The third kappa shape index (κ3) is 4.83. The second-order valence-electron chi connectivity index (χ2n) is 8.50. The van der Waals surface area contributed by atoms with E-state index in [-0.39, 0.29) is 17.9 Å². The van der Waals surface area contributed by atoms with Gasteiger partial charge in [0.1, 0.15) is 11.3 Å². The summed E-state index contributed by atoms with van der Waals surface area (Å²) in [6.45, 7) is 5.21. The number of rotatable bonds is 7. The van der Waals surface area contributed by atoms with E-state index in [0.717, 1.165) is 29.9 Å². The second kappa shape index (κ2) is 9.83. The smallest absolute Gasteiger partial charge is 0.306 e. The van der Waals surface area contributed by atoms with Crippen molar-refractivity contribution in [2.45, 2.75) is 52.1 Å². The summed E-state index contributed by atoms with van der Waals surface area (Å²) in [5, 5.41) is 12.9. The van der Waals surface area contributed by atoms with E-state index in [2.05, 4.69) is 34.3 Å². The molecule has 0 bridgehead atoms. The third-order valence-corrected chi connectivity index (χ3v) is 6.69. The van der Waals surface area contributed by atoms with Crippen molar-refractivity contribution in [1.29, 1.82) is 0 Å². The number of aliphatic carboxylic acids is 1. The maximum atomic E-state index is 13.0. The molecule has 0 spiro atoms. The number of halogens is 1. The van der Waals surface area contributed by atoms with Crippen LogP contribution in [-0.4, -0.2) is 39.0 Å². The van der Waals surface area contributed by atoms with Crippen LogP contribution in [-0.2, 0) is 17.8 Å². The van der Waals surface area contributed by atoms with Gasteiger partial charge in [-0.3, -0.25) is 14.0 Å². The number of aromatic nitrogens is 2. The fourth-order valence-electron chi connectivity index (χ4n) is 4.63. The zero-order chi connectivity index (χ0) is 23.5. The summed E-state index contributed by atoms with van der Waals surface area (Å²) in [6.07, 6.45) is 4.60. The molecule has 0 radical (unpaired) electrons. The molecular weight excluding hydrogens is 440 g/mol. The lowest BCUT2D eigenvalue weighted by atomic mass is 9.89. The van der Waals surface area contributed by atoms with E-state index in [0.29, 0.717) is 42.2 Å². The zero-order valence-electron chi connectivity index (χ0n) is 18.9. The molecular formula is C25H29ClN4O3. The first-order valence-corrected chi connectivity index (χ1v) is 11.8. The average molecular weight is 469 g/mol. The maximum Gasteiger partial charge on any atom is 0.306 e.